The van der Waals surface area contributed by atoms with E-state index in [0.717, 1.165) is 31.1 Å². The second-order valence-electron chi connectivity index (χ2n) is 7.96. The quantitative estimate of drug-likeness (QED) is 0.401. The van der Waals surface area contributed by atoms with Gasteiger partial charge in [0.15, 0.2) is 0 Å². The summed E-state index contributed by atoms with van der Waals surface area (Å²) in [5.41, 5.74) is 0.493. The fourth-order valence-electron chi connectivity index (χ4n) is 4.67. The highest BCUT2D eigenvalue weighted by Gasteiger charge is 2.47. The first-order valence-corrected chi connectivity index (χ1v) is 10.4. The standard InChI is InChI=1S/C23H38O4/c1-6-21(27-5)18(3)16-19(4)23(22(26)17(2)12-15-25)13-8-7-10-20(23)11-9-14-24/h7,10,14,16-18,20-21,25H,6,8-9,11-13,15H2,1-5H3/b19-16+. The van der Waals surface area contributed by atoms with Crippen molar-refractivity contribution in [1.29, 1.82) is 0 Å². The third-order valence-corrected chi connectivity index (χ3v) is 6.26. The number of ketones is 1. The monoisotopic (exact) mass is 378 g/mol. The number of hydrogen-bond acceptors (Lipinski definition) is 4. The summed E-state index contributed by atoms with van der Waals surface area (Å²) in [5.74, 6) is 0.220. The molecular weight excluding hydrogens is 340 g/mol. The van der Waals surface area contributed by atoms with Crippen LogP contribution in [0.5, 0.6) is 0 Å². The molecule has 0 saturated carbocycles. The van der Waals surface area contributed by atoms with Gasteiger partial charge in [-0.1, -0.05) is 44.6 Å². The highest BCUT2D eigenvalue weighted by atomic mass is 16.5. The average Bonchev–Trinajstić information content (AvgIpc) is 2.66. The van der Waals surface area contributed by atoms with Crippen LogP contribution in [-0.4, -0.2) is 37.0 Å². The molecule has 4 heteroatoms. The summed E-state index contributed by atoms with van der Waals surface area (Å²) in [6.07, 6.45) is 11.7. The maximum Gasteiger partial charge on any atom is 0.146 e. The first-order valence-electron chi connectivity index (χ1n) is 10.4. The molecule has 0 bridgehead atoms. The van der Waals surface area contributed by atoms with Crippen molar-refractivity contribution in [3.63, 3.8) is 0 Å². The summed E-state index contributed by atoms with van der Waals surface area (Å²) in [6.45, 7) is 8.23. The molecule has 0 fully saturated rings. The number of aliphatic hydroxyl groups excluding tert-OH is 1. The number of hydrogen-bond donors (Lipinski definition) is 1. The number of carbonyl (C=O) groups is 2. The van der Waals surface area contributed by atoms with Gasteiger partial charge >= 0.3 is 0 Å². The van der Waals surface area contributed by atoms with Crippen LogP contribution in [-0.2, 0) is 14.3 Å². The molecule has 27 heavy (non-hydrogen) atoms. The van der Waals surface area contributed by atoms with E-state index < -0.39 is 5.41 Å². The summed E-state index contributed by atoms with van der Waals surface area (Å²) in [6, 6.07) is 0. The fraction of sp³-hybridized carbons (Fsp3) is 0.739. The van der Waals surface area contributed by atoms with Crippen molar-refractivity contribution in [3.8, 4) is 0 Å². The van der Waals surface area contributed by atoms with Crippen LogP contribution in [0.4, 0.5) is 0 Å². The van der Waals surface area contributed by atoms with Crippen molar-refractivity contribution in [2.45, 2.75) is 72.3 Å². The Morgan fingerprint density at radius 2 is 2.11 bits per heavy atom. The summed E-state index contributed by atoms with van der Waals surface area (Å²) >= 11 is 0. The van der Waals surface area contributed by atoms with E-state index in [1.165, 1.54) is 0 Å². The lowest BCUT2D eigenvalue weighted by Gasteiger charge is -2.43. The molecule has 1 aliphatic rings. The van der Waals surface area contributed by atoms with Crippen LogP contribution in [0, 0.1) is 23.2 Å². The first-order chi connectivity index (χ1) is 12.9. The maximum atomic E-state index is 13.6. The van der Waals surface area contributed by atoms with Crippen LogP contribution in [0.2, 0.25) is 0 Å². The molecule has 0 spiro atoms. The number of allylic oxidation sites excluding steroid dienone is 3. The Hall–Kier alpha value is -1.26. The van der Waals surface area contributed by atoms with Gasteiger partial charge in [-0.15, -0.1) is 0 Å². The fourth-order valence-corrected chi connectivity index (χ4v) is 4.67. The van der Waals surface area contributed by atoms with E-state index in [4.69, 9.17) is 4.74 Å². The number of ether oxygens (including phenoxy) is 1. The Morgan fingerprint density at radius 1 is 1.41 bits per heavy atom. The second kappa shape index (κ2) is 11.6. The smallest absolute Gasteiger partial charge is 0.146 e. The molecule has 5 unspecified atom stereocenters. The van der Waals surface area contributed by atoms with Gasteiger partial charge in [0.2, 0.25) is 0 Å². The van der Waals surface area contributed by atoms with Gasteiger partial charge in [-0.05, 0) is 44.9 Å². The highest BCUT2D eigenvalue weighted by Crippen LogP contribution is 2.49. The van der Waals surface area contributed by atoms with Crippen LogP contribution in [0.3, 0.4) is 0 Å². The summed E-state index contributed by atoms with van der Waals surface area (Å²) in [5, 5.41) is 9.35. The van der Waals surface area contributed by atoms with Gasteiger partial charge < -0.3 is 14.6 Å². The van der Waals surface area contributed by atoms with Crippen molar-refractivity contribution >= 4 is 12.1 Å². The van der Waals surface area contributed by atoms with Gasteiger partial charge in [0.05, 0.1) is 11.5 Å². The molecule has 1 rings (SSSR count). The minimum absolute atomic E-state index is 0.0125. The van der Waals surface area contributed by atoms with E-state index in [1.54, 1.807) is 7.11 Å². The molecule has 0 heterocycles. The number of rotatable bonds is 12. The SMILES string of the molecule is CCC(OC)C(C)/C=C(\C)C1(C(=O)C(C)CCO)CCC=CC1CCC=O. The maximum absolute atomic E-state index is 13.6. The number of methoxy groups -OCH3 is 1. The van der Waals surface area contributed by atoms with Crippen LogP contribution >= 0.6 is 0 Å². The number of aldehydes is 1. The predicted molar refractivity (Wildman–Crippen MR) is 109 cm³/mol. The lowest BCUT2D eigenvalue weighted by molar-refractivity contribution is -0.134. The van der Waals surface area contributed by atoms with E-state index in [0.29, 0.717) is 19.3 Å². The van der Waals surface area contributed by atoms with Crippen molar-refractivity contribution in [2.24, 2.45) is 23.2 Å². The Kier molecular flexibility index (Phi) is 10.2. The zero-order chi connectivity index (χ0) is 20.4. The first kappa shape index (κ1) is 23.8. The molecular formula is C23H38O4. The van der Waals surface area contributed by atoms with Gasteiger partial charge in [-0.2, -0.15) is 0 Å². The van der Waals surface area contributed by atoms with Crippen molar-refractivity contribution in [1.82, 2.24) is 0 Å². The lowest BCUT2D eigenvalue weighted by atomic mass is 9.58. The molecule has 5 atom stereocenters. The number of aliphatic hydroxyl groups is 1. The largest absolute Gasteiger partial charge is 0.396 e. The van der Waals surface area contributed by atoms with E-state index in [1.807, 2.05) is 6.92 Å². The Balaban J connectivity index is 3.37. The lowest BCUT2D eigenvalue weighted by Crippen LogP contribution is -2.44. The van der Waals surface area contributed by atoms with E-state index in [2.05, 4.69) is 39.0 Å². The molecule has 0 amide bonds. The Bertz CT molecular complexity index is 532. The van der Waals surface area contributed by atoms with E-state index >= 15 is 0 Å². The molecule has 0 aromatic carbocycles. The van der Waals surface area contributed by atoms with Gasteiger partial charge in [0.25, 0.3) is 0 Å². The number of Topliss-reactive ketones (excluding diaryl/α,β-unsaturated/α-hetero) is 1. The molecule has 0 aromatic rings. The number of carbonyl (C=O) groups excluding carboxylic acids is 2. The third kappa shape index (κ3) is 5.61. The van der Waals surface area contributed by atoms with Gasteiger partial charge in [0.1, 0.15) is 12.1 Å². The molecule has 0 aliphatic heterocycles. The van der Waals surface area contributed by atoms with Gasteiger partial charge in [0, 0.05) is 32.0 Å². The molecule has 0 aromatic heterocycles. The summed E-state index contributed by atoms with van der Waals surface area (Å²) < 4.78 is 5.60. The van der Waals surface area contributed by atoms with Crippen LogP contribution < -0.4 is 0 Å². The van der Waals surface area contributed by atoms with Crippen molar-refractivity contribution in [3.05, 3.63) is 23.8 Å². The molecule has 0 radical (unpaired) electrons. The molecule has 1 N–H and O–H groups in total. The minimum atomic E-state index is -0.591. The van der Waals surface area contributed by atoms with Crippen molar-refractivity contribution < 1.29 is 19.4 Å². The topological polar surface area (TPSA) is 63.6 Å². The molecule has 0 saturated heterocycles. The summed E-state index contributed by atoms with van der Waals surface area (Å²) in [7, 11) is 1.73. The second-order valence-corrected chi connectivity index (χ2v) is 7.96. The van der Waals surface area contributed by atoms with E-state index in [9.17, 15) is 14.7 Å². The van der Waals surface area contributed by atoms with Crippen LogP contribution in [0.15, 0.2) is 23.8 Å². The van der Waals surface area contributed by atoms with Crippen LogP contribution in [0.25, 0.3) is 0 Å². The Labute approximate surface area is 165 Å². The van der Waals surface area contributed by atoms with Gasteiger partial charge in [-0.3, -0.25) is 4.79 Å². The van der Waals surface area contributed by atoms with Crippen LogP contribution in [0.1, 0.15) is 66.2 Å². The zero-order valence-electron chi connectivity index (χ0n) is 17.7. The zero-order valence-corrected chi connectivity index (χ0v) is 17.7. The molecule has 4 nitrogen and oxygen atoms in total. The van der Waals surface area contributed by atoms with E-state index in [-0.39, 0.29) is 36.2 Å². The average molecular weight is 379 g/mol. The predicted octanol–water partition coefficient (Wildman–Crippen LogP) is 4.51. The third-order valence-electron chi connectivity index (χ3n) is 6.26. The normalized spacial score (nSPS) is 26.4. The Morgan fingerprint density at radius 3 is 2.67 bits per heavy atom. The molecule has 1 aliphatic carbocycles. The van der Waals surface area contributed by atoms with Gasteiger partial charge in [-0.25, -0.2) is 0 Å². The van der Waals surface area contributed by atoms with Crippen molar-refractivity contribution in [2.75, 3.05) is 13.7 Å². The highest BCUT2D eigenvalue weighted by molar-refractivity contribution is 5.90. The summed E-state index contributed by atoms with van der Waals surface area (Å²) in [4.78, 5) is 24.6. The molecule has 154 valence electrons. The minimum Gasteiger partial charge on any atom is -0.396 e.